The molecule has 1 atom stereocenters. The van der Waals surface area contributed by atoms with E-state index < -0.39 is 17.8 Å². The SMILES string of the molecule is CC(NCc1cccc(/C(N)=N/O)c1F)C(N)=O. The molecule has 0 aliphatic heterocycles. The van der Waals surface area contributed by atoms with E-state index in [2.05, 4.69) is 10.5 Å². The Morgan fingerprint density at radius 3 is 2.78 bits per heavy atom. The van der Waals surface area contributed by atoms with Crippen LogP contribution < -0.4 is 16.8 Å². The van der Waals surface area contributed by atoms with Crippen molar-refractivity contribution >= 4 is 11.7 Å². The lowest BCUT2D eigenvalue weighted by molar-refractivity contribution is -0.119. The lowest BCUT2D eigenvalue weighted by Gasteiger charge is -2.11. The molecule has 1 amide bonds. The Labute approximate surface area is 103 Å². The predicted molar refractivity (Wildman–Crippen MR) is 64.4 cm³/mol. The number of amides is 1. The number of carbonyl (C=O) groups is 1. The molecule has 1 aromatic carbocycles. The molecule has 1 aromatic rings. The first-order valence-electron chi connectivity index (χ1n) is 5.25. The summed E-state index contributed by atoms with van der Waals surface area (Å²) in [5, 5.41) is 14.0. The van der Waals surface area contributed by atoms with Crippen LogP contribution >= 0.6 is 0 Å². The molecular formula is C11H15FN4O2. The molecule has 0 spiro atoms. The molecule has 6 N–H and O–H groups in total. The fourth-order valence-electron chi connectivity index (χ4n) is 1.33. The van der Waals surface area contributed by atoms with Gasteiger partial charge in [0.15, 0.2) is 5.84 Å². The van der Waals surface area contributed by atoms with Crippen LogP contribution in [0.3, 0.4) is 0 Å². The minimum Gasteiger partial charge on any atom is -0.409 e. The Morgan fingerprint density at radius 1 is 1.56 bits per heavy atom. The van der Waals surface area contributed by atoms with E-state index in [9.17, 15) is 9.18 Å². The van der Waals surface area contributed by atoms with Gasteiger partial charge in [-0.05, 0) is 13.0 Å². The molecule has 6 nitrogen and oxygen atoms in total. The molecule has 0 aliphatic rings. The molecule has 0 radical (unpaired) electrons. The molecule has 0 saturated carbocycles. The third-order valence-electron chi connectivity index (χ3n) is 2.49. The maximum atomic E-state index is 13.9. The van der Waals surface area contributed by atoms with Gasteiger partial charge in [0.1, 0.15) is 5.82 Å². The lowest BCUT2D eigenvalue weighted by Crippen LogP contribution is -2.38. The first-order chi connectivity index (χ1) is 8.47. The smallest absolute Gasteiger partial charge is 0.234 e. The van der Waals surface area contributed by atoms with Crippen molar-refractivity contribution in [1.29, 1.82) is 0 Å². The van der Waals surface area contributed by atoms with Crippen LogP contribution in [0, 0.1) is 5.82 Å². The van der Waals surface area contributed by atoms with Crippen LogP contribution in [-0.2, 0) is 11.3 Å². The van der Waals surface area contributed by atoms with Crippen LogP contribution in [0.1, 0.15) is 18.1 Å². The largest absolute Gasteiger partial charge is 0.409 e. The number of carbonyl (C=O) groups excluding carboxylic acids is 1. The van der Waals surface area contributed by atoms with Crippen molar-refractivity contribution < 1.29 is 14.4 Å². The number of amidine groups is 1. The monoisotopic (exact) mass is 254 g/mol. The highest BCUT2D eigenvalue weighted by atomic mass is 19.1. The van der Waals surface area contributed by atoms with Gasteiger partial charge in [0.05, 0.1) is 11.6 Å². The van der Waals surface area contributed by atoms with Crippen molar-refractivity contribution in [3.8, 4) is 0 Å². The number of halogens is 1. The van der Waals surface area contributed by atoms with Gasteiger partial charge >= 0.3 is 0 Å². The second kappa shape index (κ2) is 5.97. The van der Waals surface area contributed by atoms with Crippen molar-refractivity contribution in [3.63, 3.8) is 0 Å². The minimum atomic E-state index is -0.600. The third-order valence-corrected chi connectivity index (χ3v) is 2.49. The Bertz CT molecular complexity index is 476. The molecule has 98 valence electrons. The third kappa shape index (κ3) is 3.17. The number of nitrogens with two attached hydrogens (primary N) is 2. The van der Waals surface area contributed by atoms with Crippen molar-refractivity contribution in [2.75, 3.05) is 0 Å². The summed E-state index contributed by atoms with van der Waals surface area (Å²) in [7, 11) is 0. The maximum Gasteiger partial charge on any atom is 0.234 e. The van der Waals surface area contributed by atoms with E-state index in [4.69, 9.17) is 16.7 Å². The van der Waals surface area contributed by atoms with Crippen LogP contribution in [-0.4, -0.2) is 23.0 Å². The number of nitrogens with one attached hydrogen (secondary N) is 1. The van der Waals surface area contributed by atoms with Crippen LogP contribution in [0.2, 0.25) is 0 Å². The second-order valence-corrected chi connectivity index (χ2v) is 3.77. The van der Waals surface area contributed by atoms with Crippen molar-refractivity contribution in [3.05, 3.63) is 35.1 Å². The van der Waals surface area contributed by atoms with Crippen LogP contribution in [0.5, 0.6) is 0 Å². The zero-order valence-corrected chi connectivity index (χ0v) is 9.85. The summed E-state index contributed by atoms with van der Waals surface area (Å²) >= 11 is 0. The Kier molecular flexibility index (Phi) is 4.61. The number of oxime groups is 1. The highest BCUT2D eigenvalue weighted by Gasteiger charge is 2.13. The number of hydrogen-bond donors (Lipinski definition) is 4. The van der Waals surface area contributed by atoms with E-state index >= 15 is 0 Å². The van der Waals surface area contributed by atoms with Crippen LogP contribution in [0.25, 0.3) is 0 Å². The van der Waals surface area contributed by atoms with Gasteiger partial charge in [-0.15, -0.1) is 0 Å². The standard InChI is InChI=1S/C11H15FN4O2/c1-6(11(14)17)15-5-7-3-2-4-8(9(7)12)10(13)16-18/h2-4,6,15,18H,5H2,1H3,(H2,13,16)(H2,14,17). The number of hydrogen-bond acceptors (Lipinski definition) is 4. The molecule has 0 fully saturated rings. The molecule has 0 aliphatic carbocycles. The van der Waals surface area contributed by atoms with Crippen LogP contribution in [0.15, 0.2) is 23.4 Å². The molecule has 0 heterocycles. The fourth-order valence-corrected chi connectivity index (χ4v) is 1.33. The highest BCUT2D eigenvalue weighted by molar-refractivity contribution is 5.97. The highest BCUT2D eigenvalue weighted by Crippen LogP contribution is 2.12. The van der Waals surface area contributed by atoms with Gasteiger partial charge in [0.2, 0.25) is 5.91 Å². The molecule has 0 saturated heterocycles. The van der Waals surface area contributed by atoms with E-state index in [0.717, 1.165) is 0 Å². The van der Waals surface area contributed by atoms with Crippen LogP contribution in [0.4, 0.5) is 4.39 Å². The van der Waals surface area contributed by atoms with E-state index in [1.807, 2.05) is 0 Å². The van der Waals surface area contributed by atoms with E-state index in [0.29, 0.717) is 5.56 Å². The van der Waals surface area contributed by atoms with E-state index in [-0.39, 0.29) is 17.9 Å². The van der Waals surface area contributed by atoms with Crippen molar-refractivity contribution in [1.82, 2.24) is 5.32 Å². The number of primary amides is 1. The second-order valence-electron chi connectivity index (χ2n) is 3.77. The summed E-state index contributed by atoms with van der Waals surface area (Å²) in [4.78, 5) is 10.8. The molecule has 0 aromatic heterocycles. The maximum absolute atomic E-state index is 13.9. The molecule has 1 unspecified atom stereocenters. The average Bonchev–Trinajstić information content (AvgIpc) is 2.36. The normalized spacial score (nSPS) is 13.3. The summed E-state index contributed by atoms with van der Waals surface area (Å²) in [5.74, 6) is -1.43. The molecular weight excluding hydrogens is 239 g/mol. The number of benzene rings is 1. The van der Waals surface area contributed by atoms with Gasteiger partial charge in [0, 0.05) is 12.1 Å². The van der Waals surface area contributed by atoms with Gasteiger partial charge in [-0.3, -0.25) is 4.79 Å². The quantitative estimate of drug-likeness (QED) is 0.254. The van der Waals surface area contributed by atoms with Gasteiger partial charge < -0.3 is 22.0 Å². The minimum absolute atomic E-state index is 0.00327. The van der Waals surface area contributed by atoms with Crippen molar-refractivity contribution in [2.45, 2.75) is 19.5 Å². The van der Waals surface area contributed by atoms with E-state index in [1.54, 1.807) is 13.0 Å². The summed E-state index contributed by atoms with van der Waals surface area (Å²) in [6.45, 7) is 1.69. The summed E-state index contributed by atoms with van der Waals surface area (Å²) < 4.78 is 13.9. The van der Waals surface area contributed by atoms with Gasteiger partial charge in [-0.1, -0.05) is 17.3 Å². The number of nitrogens with zero attached hydrogens (tertiary/aromatic N) is 1. The van der Waals surface area contributed by atoms with Gasteiger partial charge in [-0.25, -0.2) is 4.39 Å². The molecule has 0 bridgehead atoms. The molecule has 18 heavy (non-hydrogen) atoms. The summed E-state index contributed by atoms with van der Waals surface area (Å²) in [6, 6.07) is 3.93. The summed E-state index contributed by atoms with van der Waals surface area (Å²) in [6.07, 6.45) is 0. The van der Waals surface area contributed by atoms with Gasteiger partial charge in [-0.2, -0.15) is 0 Å². The first-order valence-corrected chi connectivity index (χ1v) is 5.25. The summed E-state index contributed by atoms with van der Waals surface area (Å²) in [5.41, 5.74) is 10.7. The zero-order valence-electron chi connectivity index (χ0n) is 9.85. The van der Waals surface area contributed by atoms with Crippen molar-refractivity contribution in [2.24, 2.45) is 16.6 Å². The zero-order chi connectivity index (χ0) is 13.7. The fraction of sp³-hybridized carbons (Fsp3) is 0.273. The predicted octanol–water partition coefficient (Wildman–Crippen LogP) is -0.116. The number of rotatable bonds is 5. The topological polar surface area (TPSA) is 114 Å². The Morgan fingerprint density at radius 2 is 2.22 bits per heavy atom. The average molecular weight is 254 g/mol. The Hall–Kier alpha value is -2.15. The molecule has 1 rings (SSSR count). The van der Waals surface area contributed by atoms with E-state index in [1.165, 1.54) is 12.1 Å². The van der Waals surface area contributed by atoms with Gasteiger partial charge in [0.25, 0.3) is 0 Å². The molecule has 7 heteroatoms. The lowest BCUT2D eigenvalue weighted by atomic mass is 10.1. The first kappa shape index (κ1) is 13.9. The Balaban J connectivity index is 2.88.